The van der Waals surface area contributed by atoms with E-state index in [1.165, 1.54) is 6.92 Å². The van der Waals surface area contributed by atoms with Crippen molar-refractivity contribution >= 4 is 11.8 Å². The molecule has 0 bridgehead atoms. The highest BCUT2D eigenvalue weighted by molar-refractivity contribution is 5.94. The molecule has 0 aromatic heterocycles. The zero-order chi connectivity index (χ0) is 12.0. The molecule has 0 aromatic carbocycles. The predicted molar refractivity (Wildman–Crippen MR) is 53.3 cm³/mol. The summed E-state index contributed by atoms with van der Waals surface area (Å²) in [6.45, 7) is 4.17. The number of hydrogen-bond acceptors (Lipinski definition) is 5. The van der Waals surface area contributed by atoms with Gasteiger partial charge in [0.25, 0.3) is 0 Å². The third-order valence-corrected chi connectivity index (χ3v) is 1.62. The number of Topliss-reactive ketones (excluding diaryl/α,β-unsaturated/α-hetero) is 1. The monoisotopic (exact) mass is 216 g/mol. The summed E-state index contributed by atoms with van der Waals surface area (Å²) in [4.78, 5) is 21.4. The van der Waals surface area contributed by atoms with Gasteiger partial charge in [-0.3, -0.25) is 9.59 Å². The summed E-state index contributed by atoms with van der Waals surface area (Å²) in [7, 11) is 0. The highest BCUT2D eigenvalue weighted by atomic mass is 16.5. The second-order valence-electron chi connectivity index (χ2n) is 3.46. The van der Waals surface area contributed by atoms with Crippen LogP contribution in [0.3, 0.4) is 0 Å². The molecule has 15 heavy (non-hydrogen) atoms. The van der Waals surface area contributed by atoms with E-state index >= 15 is 0 Å². The Balaban J connectivity index is 4.02. The summed E-state index contributed by atoms with van der Waals surface area (Å²) in [5.74, 6) is -1.23. The number of esters is 1. The fraction of sp³-hybridized carbons (Fsp3) is 0.600. The molecular formula is C10H16O5. The van der Waals surface area contributed by atoms with Crippen LogP contribution in [0.5, 0.6) is 0 Å². The Morgan fingerprint density at radius 3 is 2.20 bits per heavy atom. The number of carbonyl (C=O) groups excluding carboxylic acids is 2. The van der Waals surface area contributed by atoms with Crippen LogP contribution >= 0.6 is 0 Å². The number of aliphatic hydroxyl groups excluding tert-OH is 2. The van der Waals surface area contributed by atoms with E-state index in [2.05, 4.69) is 4.74 Å². The number of carbonyl (C=O) groups is 2. The number of rotatable bonds is 5. The molecule has 86 valence electrons. The highest BCUT2D eigenvalue weighted by Gasteiger charge is 2.14. The molecule has 5 nitrogen and oxygen atoms in total. The van der Waals surface area contributed by atoms with Crippen molar-refractivity contribution in [1.29, 1.82) is 0 Å². The summed E-state index contributed by atoms with van der Waals surface area (Å²) in [5.41, 5.74) is 0.546. The molecule has 1 atom stereocenters. The van der Waals surface area contributed by atoms with Crippen molar-refractivity contribution in [2.24, 2.45) is 0 Å². The van der Waals surface area contributed by atoms with Gasteiger partial charge in [0.2, 0.25) is 0 Å². The quantitative estimate of drug-likeness (QED) is 0.402. The lowest BCUT2D eigenvalue weighted by Gasteiger charge is -2.11. The van der Waals surface area contributed by atoms with Gasteiger partial charge in [-0.25, -0.2) is 0 Å². The molecular weight excluding hydrogens is 200 g/mol. The molecule has 0 aliphatic heterocycles. The fourth-order valence-electron chi connectivity index (χ4n) is 0.838. The van der Waals surface area contributed by atoms with E-state index in [9.17, 15) is 19.8 Å². The van der Waals surface area contributed by atoms with Crippen molar-refractivity contribution in [3.63, 3.8) is 0 Å². The lowest BCUT2D eigenvalue weighted by Crippen LogP contribution is -2.22. The van der Waals surface area contributed by atoms with E-state index in [-0.39, 0.29) is 24.6 Å². The molecule has 0 saturated carbocycles. The minimum Gasteiger partial charge on any atom is -0.509 e. The lowest BCUT2D eigenvalue weighted by atomic mass is 10.2. The predicted octanol–water partition coefficient (Wildman–Crippen LogP) is 0.721. The van der Waals surface area contributed by atoms with Crippen molar-refractivity contribution in [2.75, 3.05) is 6.61 Å². The van der Waals surface area contributed by atoms with Crippen LogP contribution in [0.1, 0.15) is 27.2 Å². The first kappa shape index (κ1) is 13.6. The Kier molecular flexibility index (Phi) is 5.62. The molecule has 1 unspecified atom stereocenters. The maximum absolute atomic E-state index is 10.9. The summed E-state index contributed by atoms with van der Waals surface area (Å²) in [6, 6.07) is 0. The van der Waals surface area contributed by atoms with Crippen LogP contribution in [0.25, 0.3) is 0 Å². The Hall–Kier alpha value is -1.36. The molecule has 0 saturated heterocycles. The van der Waals surface area contributed by atoms with E-state index in [4.69, 9.17) is 0 Å². The molecule has 0 radical (unpaired) electrons. The SMILES string of the molecule is CC(=O)CC(=O)OCC(O)C(O)=C(C)C. The largest absolute Gasteiger partial charge is 0.509 e. The van der Waals surface area contributed by atoms with Crippen LogP contribution in [-0.4, -0.2) is 34.7 Å². The second kappa shape index (κ2) is 6.19. The van der Waals surface area contributed by atoms with Crippen molar-refractivity contribution in [3.8, 4) is 0 Å². The van der Waals surface area contributed by atoms with E-state index in [1.807, 2.05) is 0 Å². The smallest absolute Gasteiger partial charge is 0.313 e. The van der Waals surface area contributed by atoms with Crippen molar-refractivity contribution in [3.05, 3.63) is 11.3 Å². The lowest BCUT2D eigenvalue weighted by molar-refractivity contribution is -0.148. The third kappa shape index (κ3) is 5.85. The summed E-state index contributed by atoms with van der Waals surface area (Å²) < 4.78 is 4.58. The van der Waals surface area contributed by atoms with E-state index < -0.39 is 12.1 Å². The van der Waals surface area contributed by atoms with Crippen molar-refractivity contribution in [2.45, 2.75) is 33.3 Å². The number of allylic oxidation sites excluding steroid dienone is 1. The van der Waals surface area contributed by atoms with Gasteiger partial charge in [-0.05, 0) is 26.3 Å². The van der Waals surface area contributed by atoms with Crippen molar-refractivity contribution in [1.82, 2.24) is 0 Å². The van der Waals surface area contributed by atoms with Crippen LogP contribution < -0.4 is 0 Å². The Bertz CT molecular complexity index is 276. The first-order valence-corrected chi connectivity index (χ1v) is 4.54. The number of hydrogen-bond donors (Lipinski definition) is 2. The second-order valence-corrected chi connectivity index (χ2v) is 3.46. The first-order chi connectivity index (χ1) is 6.84. The molecule has 0 aromatic rings. The van der Waals surface area contributed by atoms with Gasteiger partial charge in [-0.1, -0.05) is 0 Å². The van der Waals surface area contributed by atoms with Crippen LogP contribution in [0.4, 0.5) is 0 Å². The van der Waals surface area contributed by atoms with Crippen LogP contribution in [0, 0.1) is 0 Å². The average molecular weight is 216 g/mol. The molecule has 0 aliphatic rings. The summed E-state index contributed by atoms with van der Waals surface area (Å²) >= 11 is 0. The maximum Gasteiger partial charge on any atom is 0.313 e. The summed E-state index contributed by atoms with van der Waals surface area (Å²) in [5, 5.41) is 18.6. The number of ketones is 1. The highest BCUT2D eigenvalue weighted by Crippen LogP contribution is 2.05. The van der Waals surface area contributed by atoms with Crippen molar-refractivity contribution < 1.29 is 24.5 Å². The van der Waals surface area contributed by atoms with Crippen LogP contribution in [0.15, 0.2) is 11.3 Å². The average Bonchev–Trinajstić information content (AvgIpc) is 2.11. The Morgan fingerprint density at radius 2 is 1.80 bits per heavy atom. The van der Waals surface area contributed by atoms with Gasteiger partial charge in [0.15, 0.2) is 0 Å². The maximum atomic E-state index is 10.9. The van der Waals surface area contributed by atoms with Crippen LogP contribution in [0.2, 0.25) is 0 Å². The topological polar surface area (TPSA) is 83.8 Å². The zero-order valence-electron chi connectivity index (χ0n) is 9.11. The van der Waals surface area contributed by atoms with Gasteiger partial charge in [0.1, 0.15) is 30.7 Å². The molecule has 0 spiro atoms. The van der Waals surface area contributed by atoms with Gasteiger partial charge < -0.3 is 14.9 Å². The standard InChI is InChI=1S/C10H16O5/c1-6(2)10(14)8(12)5-15-9(13)4-7(3)11/h8,12,14H,4-5H2,1-3H3. The molecule has 0 rings (SSSR count). The van der Waals surface area contributed by atoms with E-state index in [1.54, 1.807) is 13.8 Å². The van der Waals surface area contributed by atoms with Gasteiger partial charge in [0.05, 0.1) is 0 Å². The minimum atomic E-state index is -1.23. The zero-order valence-corrected chi connectivity index (χ0v) is 9.11. The molecule has 5 heteroatoms. The van der Waals surface area contributed by atoms with Gasteiger partial charge in [-0.2, -0.15) is 0 Å². The normalized spacial score (nSPS) is 11.7. The molecule has 2 N–H and O–H groups in total. The number of ether oxygens (including phenoxy) is 1. The van der Waals surface area contributed by atoms with Gasteiger partial charge in [0, 0.05) is 0 Å². The molecule has 0 heterocycles. The number of aliphatic hydroxyl groups is 2. The minimum absolute atomic E-state index is 0.217. The molecule has 0 aliphatic carbocycles. The van der Waals surface area contributed by atoms with E-state index in [0.29, 0.717) is 5.57 Å². The fourth-order valence-corrected chi connectivity index (χ4v) is 0.838. The molecule has 0 fully saturated rings. The summed E-state index contributed by atoms with van der Waals surface area (Å²) in [6.07, 6.45) is -1.55. The Labute approximate surface area is 88.4 Å². The van der Waals surface area contributed by atoms with Gasteiger partial charge in [-0.15, -0.1) is 0 Å². The third-order valence-electron chi connectivity index (χ3n) is 1.62. The molecule has 0 amide bonds. The van der Waals surface area contributed by atoms with Crippen LogP contribution in [-0.2, 0) is 14.3 Å². The van der Waals surface area contributed by atoms with E-state index in [0.717, 1.165) is 0 Å². The Morgan fingerprint density at radius 1 is 1.27 bits per heavy atom. The first-order valence-electron chi connectivity index (χ1n) is 4.54. The van der Waals surface area contributed by atoms with Gasteiger partial charge >= 0.3 is 5.97 Å².